The average molecular weight is 1200 g/mol. The third-order valence-corrected chi connectivity index (χ3v) is 7.25. The van der Waals surface area contributed by atoms with Crippen molar-refractivity contribution in [2.45, 2.75) is 139 Å². The molecule has 0 nitrogen and oxygen atoms in total. The zero-order valence-electron chi connectivity index (χ0n) is 34.0. The maximum atomic E-state index is 3.36. The zero-order chi connectivity index (χ0) is 31.8. The van der Waals surface area contributed by atoms with Gasteiger partial charge in [-0.05, 0) is 69.6 Å². The van der Waals surface area contributed by atoms with Crippen LogP contribution in [0.25, 0.3) is 0 Å². The molecule has 3 radical (unpaired) electrons. The van der Waals surface area contributed by atoms with Crippen LogP contribution in [-0.4, -0.2) is 0 Å². The van der Waals surface area contributed by atoms with Gasteiger partial charge in [0.15, 0.2) is 0 Å². The molecule has 2 saturated carbocycles. The van der Waals surface area contributed by atoms with E-state index in [1.807, 2.05) is 20.3 Å². The van der Waals surface area contributed by atoms with E-state index in [1.165, 1.54) is 81.8 Å². The van der Waals surface area contributed by atoms with Crippen LogP contribution in [0.2, 0.25) is 0 Å². The third kappa shape index (κ3) is 61.1. The van der Waals surface area contributed by atoms with Crippen molar-refractivity contribution in [1.82, 2.24) is 0 Å². The fraction of sp³-hybridized carbons (Fsp3) is 0.533. The van der Waals surface area contributed by atoms with E-state index in [4.69, 9.17) is 0 Å². The molecule has 0 aromatic heterocycles. The quantitative estimate of drug-likeness (QED) is 0.150. The summed E-state index contributed by atoms with van der Waals surface area (Å²) in [5.74, 6) is 2.08. The van der Waals surface area contributed by atoms with Crippen molar-refractivity contribution in [3.63, 3.8) is 0 Å². The Morgan fingerprint density at radius 2 is 1.04 bits per heavy atom. The summed E-state index contributed by atoms with van der Waals surface area (Å²) in [4.78, 5) is 0. The topological polar surface area (TPSA) is 0 Å². The molecule has 0 spiro atoms. The van der Waals surface area contributed by atoms with Crippen LogP contribution < -0.4 is 0 Å². The van der Waals surface area contributed by atoms with Gasteiger partial charge in [0.25, 0.3) is 0 Å². The third-order valence-electron chi connectivity index (χ3n) is 7.25. The van der Waals surface area contributed by atoms with Gasteiger partial charge < -0.3 is 36.1 Å². The summed E-state index contributed by atoms with van der Waals surface area (Å²) < 4.78 is 0. The Kier molecular flexibility index (Phi) is 85.9. The summed E-state index contributed by atoms with van der Waals surface area (Å²) in [5.41, 5.74) is 3.66. The van der Waals surface area contributed by atoms with Gasteiger partial charge in [-0.25, -0.2) is 0 Å². The molecule has 4 aliphatic rings. The second-order valence-corrected chi connectivity index (χ2v) is 12.4. The van der Waals surface area contributed by atoms with Crippen molar-refractivity contribution >= 4 is 0 Å². The second kappa shape index (κ2) is 56.3. The Bertz CT molecular complexity index is 692. The van der Waals surface area contributed by atoms with E-state index in [1.54, 1.807) is 24.3 Å². The molecule has 2 fully saturated rings. The Morgan fingerprint density at radius 1 is 0.688 bits per heavy atom. The fourth-order valence-electron chi connectivity index (χ4n) is 4.93. The van der Waals surface area contributed by atoms with Crippen molar-refractivity contribution in [3.8, 4) is 0 Å². The van der Waals surface area contributed by atoms with Gasteiger partial charge >= 0.3 is 0 Å². The Morgan fingerprint density at radius 3 is 1.19 bits per heavy atom. The standard InChI is InChI=1S/C9H18.2C7H10.C7H14.2C4H6.C3H7.4CH3.3Ir/c1-8-5-4-6-9(2,3)7-8;2*1-7-5-3-2-4-6-7;1-2-7-5-3-4-6-7;2*1-3-4-2;1-3-2;;;;;;;/h8H,4-7H2,1-3H3;2*2-3,6H,4-5H2,1H3;7H,2-6H2,1H3;2*3-4H,1-2H2;3H,1-2H3;4*1H3;;;/q;;;;;;5*-1;;;. The molecular weight excluding hydrogens is 1120 g/mol. The number of rotatable bonds is 3. The summed E-state index contributed by atoms with van der Waals surface area (Å²) in [6, 6.07) is 0. The largest absolute Gasteiger partial charge is 0.358 e. The van der Waals surface area contributed by atoms with E-state index in [0.29, 0.717) is 5.41 Å². The van der Waals surface area contributed by atoms with Crippen molar-refractivity contribution in [3.05, 3.63) is 134 Å². The van der Waals surface area contributed by atoms with E-state index in [2.05, 4.69) is 104 Å². The Balaban J connectivity index is -0.0000000439. The number of allylic oxidation sites excluding steroid dienone is 12. The summed E-state index contributed by atoms with van der Waals surface area (Å²) in [6.45, 7) is 31.2. The maximum Gasteiger partial charge on any atom is 0 e. The first-order chi connectivity index (χ1) is 19.6. The molecule has 3 heteroatoms. The smallest absolute Gasteiger partial charge is 0 e. The number of hydrogen-bond donors (Lipinski definition) is 0. The molecule has 4 aliphatic carbocycles. The zero-order valence-corrected chi connectivity index (χ0v) is 41.2. The molecule has 1 unspecified atom stereocenters. The van der Waals surface area contributed by atoms with Gasteiger partial charge in [0.2, 0.25) is 0 Å². The predicted molar refractivity (Wildman–Crippen MR) is 220 cm³/mol. The normalized spacial score (nSPS) is 16.7. The van der Waals surface area contributed by atoms with Gasteiger partial charge in [0.1, 0.15) is 0 Å². The molecule has 4 rings (SSSR count). The SMILES string of the molecule is C=CC=C.C=CC=C.CC1=CCC=CC1.CC1=CCC=CC1.CC1CCCC(C)(C)C1.CCC1CCCC1.C[CH-]C.[CH3-].[CH3-].[CH3-].[CH3-].[Ir].[Ir].[Ir]. The minimum absolute atomic E-state index is 0. The maximum absolute atomic E-state index is 3.36. The summed E-state index contributed by atoms with van der Waals surface area (Å²) in [6.07, 6.45) is 39.8. The van der Waals surface area contributed by atoms with E-state index in [0.717, 1.165) is 24.7 Å². The summed E-state index contributed by atoms with van der Waals surface area (Å²) in [7, 11) is 0. The van der Waals surface area contributed by atoms with Gasteiger partial charge in [0, 0.05) is 60.3 Å². The number of hydrogen-bond acceptors (Lipinski definition) is 0. The molecule has 0 amide bonds. The monoisotopic (exact) mass is 1200 g/mol. The van der Waals surface area contributed by atoms with Crippen LogP contribution in [0, 0.1) is 53.4 Å². The minimum Gasteiger partial charge on any atom is -0.358 e. The molecule has 0 aromatic carbocycles. The summed E-state index contributed by atoms with van der Waals surface area (Å²) >= 11 is 0. The van der Waals surface area contributed by atoms with Crippen LogP contribution in [0.1, 0.15) is 139 Å². The van der Waals surface area contributed by atoms with Crippen LogP contribution in [0.3, 0.4) is 0 Å². The van der Waals surface area contributed by atoms with Crippen LogP contribution >= 0.6 is 0 Å². The second-order valence-electron chi connectivity index (χ2n) is 12.4. The Hall–Kier alpha value is -0.132. The van der Waals surface area contributed by atoms with Crippen LogP contribution in [0.5, 0.6) is 0 Å². The molecule has 0 bridgehead atoms. The van der Waals surface area contributed by atoms with E-state index < -0.39 is 0 Å². The van der Waals surface area contributed by atoms with Crippen LogP contribution in [0.15, 0.2) is 98.2 Å². The van der Waals surface area contributed by atoms with Gasteiger partial charge in [-0.1, -0.05) is 171 Å². The molecule has 295 valence electrons. The fourth-order valence-corrected chi connectivity index (χ4v) is 4.93. The van der Waals surface area contributed by atoms with E-state index in [9.17, 15) is 0 Å². The van der Waals surface area contributed by atoms with Gasteiger partial charge in [-0.15, -0.1) is 0 Å². The first-order valence-corrected chi connectivity index (χ1v) is 16.4. The molecule has 0 saturated heterocycles. The first-order valence-electron chi connectivity index (χ1n) is 16.4. The Labute approximate surface area is 348 Å². The molecule has 0 aliphatic heterocycles. The molecular formula is C45H83Ir3-5. The molecule has 1 atom stereocenters. The molecule has 0 aromatic rings. The molecule has 0 heterocycles. The van der Waals surface area contributed by atoms with E-state index >= 15 is 0 Å². The van der Waals surface area contributed by atoms with Gasteiger partial charge in [-0.3, -0.25) is 0 Å². The van der Waals surface area contributed by atoms with Crippen molar-refractivity contribution in [2.75, 3.05) is 0 Å². The average Bonchev–Trinajstić information content (AvgIpc) is 3.49. The van der Waals surface area contributed by atoms with Crippen molar-refractivity contribution < 1.29 is 60.3 Å². The predicted octanol–water partition coefficient (Wildman–Crippen LogP) is 16.1. The summed E-state index contributed by atoms with van der Waals surface area (Å²) in [5, 5.41) is 0. The van der Waals surface area contributed by atoms with Crippen LogP contribution in [0.4, 0.5) is 0 Å². The first kappa shape index (κ1) is 73.3. The van der Waals surface area contributed by atoms with Gasteiger partial charge in [0.05, 0.1) is 0 Å². The molecule has 48 heavy (non-hydrogen) atoms. The van der Waals surface area contributed by atoms with Crippen molar-refractivity contribution in [1.29, 1.82) is 0 Å². The minimum atomic E-state index is 0. The van der Waals surface area contributed by atoms with Crippen LogP contribution in [-0.2, 0) is 60.3 Å². The van der Waals surface area contributed by atoms with E-state index in [-0.39, 0.29) is 90.0 Å². The molecule has 0 N–H and O–H groups in total. The van der Waals surface area contributed by atoms with Crippen molar-refractivity contribution in [2.24, 2.45) is 17.3 Å². The van der Waals surface area contributed by atoms with Gasteiger partial charge in [-0.2, -0.15) is 13.8 Å².